The van der Waals surface area contributed by atoms with Gasteiger partial charge in [0.05, 0.1) is 0 Å². The topological polar surface area (TPSA) is 74.8 Å². The summed E-state index contributed by atoms with van der Waals surface area (Å²) in [6.45, 7) is 4.29. The van der Waals surface area contributed by atoms with Crippen LogP contribution in [0.5, 0.6) is 0 Å². The Hall–Kier alpha value is -3.28. The standard InChI is InChI=1S/C15H17NO3.C15H21NO/c1-10(17)16(2)9-11-6-7-12-13(8-11)15(19)5-3-4-14(12)18;1-12(17)16(2)11-13-8-9-14-6-4-3-5-7-15(14)10-13/h6-8H,3-5,9H2,1-2H3;8-10H,3-7,11H2,1-2H3. The Kier molecular flexibility index (Phi) is 9.57. The first-order valence-corrected chi connectivity index (χ1v) is 12.9. The number of benzene rings is 2. The predicted molar refractivity (Wildman–Crippen MR) is 141 cm³/mol. The SMILES string of the molecule is CC(=O)N(C)Cc1ccc2c(c1)C(=O)CCCC2=O.CC(=O)N(C)Cc1ccc2c(c1)CCCCC2. The highest BCUT2D eigenvalue weighted by atomic mass is 16.2. The van der Waals surface area contributed by atoms with E-state index in [9.17, 15) is 19.2 Å². The maximum atomic E-state index is 12.0. The number of hydrogen-bond donors (Lipinski definition) is 0. The van der Waals surface area contributed by atoms with Crippen molar-refractivity contribution in [1.29, 1.82) is 0 Å². The van der Waals surface area contributed by atoms with Crippen LogP contribution in [0.4, 0.5) is 0 Å². The molecule has 2 aromatic rings. The Labute approximate surface area is 214 Å². The molecule has 0 aromatic heterocycles. The van der Waals surface area contributed by atoms with Gasteiger partial charge in [-0.15, -0.1) is 0 Å². The lowest BCUT2D eigenvalue weighted by Crippen LogP contribution is -2.23. The van der Waals surface area contributed by atoms with Crippen LogP contribution >= 0.6 is 0 Å². The number of nitrogens with zero attached hydrogens (tertiary/aromatic N) is 2. The molecular weight excluding hydrogens is 452 g/mol. The molecule has 6 heteroatoms. The van der Waals surface area contributed by atoms with Crippen molar-refractivity contribution in [3.05, 3.63) is 69.8 Å². The van der Waals surface area contributed by atoms with Crippen molar-refractivity contribution < 1.29 is 19.2 Å². The fraction of sp³-hybridized carbons (Fsp3) is 0.467. The van der Waals surface area contributed by atoms with Crippen molar-refractivity contribution in [3.8, 4) is 0 Å². The van der Waals surface area contributed by atoms with E-state index in [0.29, 0.717) is 36.9 Å². The minimum atomic E-state index is -0.0302. The predicted octanol–water partition coefficient (Wildman–Crippen LogP) is 5.15. The molecule has 0 bridgehead atoms. The first kappa shape index (κ1) is 27.3. The summed E-state index contributed by atoms with van der Waals surface area (Å²) in [5.41, 5.74) is 6.17. The summed E-state index contributed by atoms with van der Waals surface area (Å²) >= 11 is 0. The molecule has 2 aliphatic carbocycles. The third-order valence-corrected chi connectivity index (χ3v) is 7.07. The molecule has 6 nitrogen and oxygen atoms in total. The van der Waals surface area contributed by atoms with Gasteiger partial charge in [0.25, 0.3) is 0 Å². The number of carbonyl (C=O) groups excluding carboxylic acids is 4. The van der Waals surface area contributed by atoms with Crippen LogP contribution in [0, 0.1) is 0 Å². The van der Waals surface area contributed by atoms with Gasteiger partial charge in [0.1, 0.15) is 0 Å². The third-order valence-electron chi connectivity index (χ3n) is 7.07. The van der Waals surface area contributed by atoms with E-state index in [1.54, 1.807) is 35.9 Å². The summed E-state index contributed by atoms with van der Waals surface area (Å²) < 4.78 is 0. The second-order valence-corrected chi connectivity index (χ2v) is 9.99. The number of fused-ring (bicyclic) bond motifs is 2. The number of Topliss-reactive ketones (excluding diaryl/α,β-unsaturated/α-hetero) is 2. The van der Waals surface area contributed by atoms with E-state index in [4.69, 9.17) is 0 Å². The summed E-state index contributed by atoms with van der Waals surface area (Å²) in [6, 6.07) is 12.0. The van der Waals surface area contributed by atoms with Gasteiger partial charge in [0, 0.05) is 65.0 Å². The molecular formula is C30H38N2O4. The fourth-order valence-electron chi connectivity index (χ4n) is 4.67. The first-order valence-electron chi connectivity index (χ1n) is 12.9. The van der Waals surface area contributed by atoms with Crippen LogP contribution in [0.1, 0.15) is 95.3 Å². The fourth-order valence-corrected chi connectivity index (χ4v) is 4.67. The molecule has 0 saturated heterocycles. The monoisotopic (exact) mass is 490 g/mol. The zero-order valence-electron chi connectivity index (χ0n) is 22.1. The Morgan fingerprint density at radius 2 is 1.17 bits per heavy atom. The van der Waals surface area contributed by atoms with Gasteiger partial charge in [0.15, 0.2) is 11.6 Å². The second kappa shape index (κ2) is 12.6. The number of aryl methyl sites for hydroxylation is 2. The van der Waals surface area contributed by atoms with E-state index in [1.807, 2.05) is 13.1 Å². The molecule has 0 atom stereocenters. The molecule has 0 unspecified atom stereocenters. The Morgan fingerprint density at radius 1 is 0.639 bits per heavy atom. The molecule has 0 aliphatic heterocycles. The lowest BCUT2D eigenvalue weighted by atomic mass is 9.98. The van der Waals surface area contributed by atoms with Crippen LogP contribution in [-0.2, 0) is 35.5 Å². The number of hydrogen-bond acceptors (Lipinski definition) is 4. The minimum Gasteiger partial charge on any atom is -0.342 e. The largest absolute Gasteiger partial charge is 0.342 e. The van der Waals surface area contributed by atoms with E-state index < -0.39 is 0 Å². The van der Waals surface area contributed by atoms with Gasteiger partial charge in [-0.25, -0.2) is 0 Å². The Morgan fingerprint density at radius 3 is 1.78 bits per heavy atom. The number of amides is 2. The lowest BCUT2D eigenvalue weighted by molar-refractivity contribution is -0.128. The quantitative estimate of drug-likeness (QED) is 0.556. The molecule has 0 N–H and O–H groups in total. The molecule has 36 heavy (non-hydrogen) atoms. The molecule has 0 spiro atoms. The van der Waals surface area contributed by atoms with Crippen molar-refractivity contribution in [1.82, 2.24) is 9.80 Å². The number of ketones is 2. The van der Waals surface area contributed by atoms with Gasteiger partial charge >= 0.3 is 0 Å². The zero-order valence-corrected chi connectivity index (χ0v) is 22.1. The lowest BCUT2D eigenvalue weighted by Gasteiger charge is -2.16. The molecule has 192 valence electrons. The molecule has 2 amide bonds. The molecule has 0 radical (unpaired) electrons. The number of carbonyl (C=O) groups is 4. The van der Waals surface area contributed by atoms with Crippen LogP contribution in [0.2, 0.25) is 0 Å². The van der Waals surface area contributed by atoms with Crippen molar-refractivity contribution in [2.75, 3.05) is 14.1 Å². The Balaban J connectivity index is 0.000000202. The smallest absolute Gasteiger partial charge is 0.219 e. The van der Waals surface area contributed by atoms with Crippen LogP contribution in [0.15, 0.2) is 36.4 Å². The number of rotatable bonds is 4. The van der Waals surface area contributed by atoms with Crippen molar-refractivity contribution in [3.63, 3.8) is 0 Å². The van der Waals surface area contributed by atoms with Crippen molar-refractivity contribution >= 4 is 23.4 Å². The first-order chi connectivity index (χ1) is 17.2. The van der Waals surface area contributed by atoms with Gasteiger partial charge in [-0.1, -0.05) is 36.8 Å². The third kappa shape index (κ3) is 7.36. The van der Waals surface area contributed by atoms with Gasteiger partial charge in [-0.2, -0.15) is 0 Å². The van der Waals surface area contributed by atoms with Gasteiger partial charge in [-0.3, -0.25) is 19.2 Å². The maximum absolute atomic E-state index is 12.0. The van der Waals surface area contributed by atoms with E-state index in [1.165, 1.54) is 55.7 Å². The van der Waals surface area contributed by atoms with E-state index in [-0.39, 0.29) is 23.4 Å². The van der Waals surface area contributed by atoms with E-state index in [2.05, 4.69) is 18.2 Å². The summed E-state index contributed by atoms with van der Waals surface area (Å²) in [4.78, 5) is 49.6. The van der Waals surface area contributed by atoms with Gasteiger partial charge < -0.3 is 9.80 Å². The highest BCUT2D eigenvalue weighted by Gasteiger charge is 2.21. The summed E-state index contributed by atoms with van der Waals surface area (Å²) in [6.07, 6.45) is 7.87. The van der Waals surface area contributed by atoms with E-state index in [0.717, 1.165) is 12.1 Å². The van der Waals surface area contributed by atoms with Crippen molar-refractivity contribution in [2.24, 2.45) is 0 Å². The average Bonchev–Trinajstić information content (AvgIpc) is 3.16. The van der Waals surface area contributed by atoms with Crippen LogP contribution < -0.4 is 0 Å². The molecule has 2 aromatic carbocycles. The summed E-state index contributed by atoms with van der Waals surface area (Å²) in [5, 5.41) is 0. The highest BCUT2D eigenvalue weighted by molar-refractivity contribution is 6.10. The maximum Gasteiger partial charge on any atom is 0.219 e. The normalized spacial score (nSPS) is 14.9. The average molecular weight is 491 g/mol. The van der Waals surface area contributed by atoms with Crippen LogP contribution in [0.25, 0.3) is 0 Å². The highest BCUT2D eigenvalue weighted by Crippen LogP contribution is 2.23. The molecule has 4 rings (SSSR count). The van der Waals surface area contributed by atoms with E-state index >= 15 is 0 Å². The summed E-state index contributed by atoms with van der Waals surface area (Å²) in [5.74, 6) is 0.151. The van der Waals surface area contributed by atoms with Gasteiger partial charge in [-0.05, 0) is 60.4 Å². The Bertz CT molecular complexity index is 1140. The zero-order chi connectivity index (χ0) is 26.2. The molecule has 2 aliphatic rings. The molecule has 0 heterocycles. The summed E-state index contributed by atoms with van der Waals surface area (Å²) in [7, 11) is 3.56. The molecule has 0 fully saturated rings. The van der Waals surface area contributed by atoms with Crippen LogP contribution in [-0.4, -0.2) is 47.3 Å². The van der Waals surface area contributed by atoms with Gasteiger partial charge in [0.2, 0.25) is 11.8 Å². The van der Waals surface area contributed by atoms with Crippen LogP contribution in [0.3, 0.4) is 0 Å². The minimum absolute atomic E-state index is 0.0215. The second-order valence-electron chi connectivity index (χ2n) is 9.99. The molecule has 0 saturated carbocycles. The van der Waals surface area contributed by atoms with Crippen molar-refractivity contribution in [2.45, 2.75) is 78.3 Å².